The van der Waals surface area contributed by atoms with E-state index in [1.807, 2.05) is 0 Å². The van der Waals surface area contributed by atoms with Gasteiger partial charge in [0.15, 0.2) is 0 Å². The predicted molar refractivity (Wildman–Crippen MR) is 125 cm³/mol. The molecule has 0 fully saturated rings. The molecule has 0 aliphatic carbocycles. The van der Waals surface area contributed by atoms with Crippen LogP contribution in [0.2, 0.25) is 0 Å². The summed E-state index contributed by atoms with van der Waals surface area (Å²) in [5.74, 6) is 1.49. The van der Waals surface area contributed by atoms with Crippen molar-refractivity contribution in [1.29, 1.82) is 0 Å². The summed E-state index contributed by atoms with van der Waals surface area (Å²) in [7, 11) is 4.37. The minimum Gasteiger partial charge on any atom is -0.370 e. The monoisotopic (exact) mass is 428 g/mol. The first-order valence-electron chi connectivity index (χ1n) is 11.0. The number of hydrogen-bond donors (Lipinski definition) is 2. The van der Waals surface area contributed by atoms with Gasteiger partial charge in [-0.05, 0) is 31.7 Å². The van der Waals surface area contributed by atoms with Crippen LogP contribution >= 0.6 is 11.3 Å². The van der Waals surface area contributed by atoms with E-state index in [1.165, 1.54) is 27.1 Å². The van der Waals surface area contributed by atoms with Gasteiger partial charge in [-0.15, -0.1) is 11.3 Å². The number of pyridine rings is 1. The van der Waals surface area contributed by atoms with Crippen molar-refractivity contribution in [2.75, 3.05) is 32.5 Å². The average molecular weight is 429 g/mol. The number of ether oxygens (including phenoxy) is 1. The minimum atomic E-state index is -0.173. The number of rotatable bonds is 7. The lowest BCUT2D eigenvalue weighted by atomic mass is 9.88. The van der Waals surface area contributed by atoms with E-state index in [9.17, 15) is 0 Å². The van der Waals surface area contributed by atoms with Gasteiger partial charge in [-0.2, -0.15) is 0 Å². The van der Waals surface area contributed by atoms with Gasteiger partial charge in [0.25, 0.3) is 0 Å². The summed E-state index contributed by atoms with van der Waals surface area (Å²) >= 11 is 1.72. The zero-order chi connectivity index (χ0) is 21.5. The Labute approximate surface area is 183 Å². The molecule has 0 bridgehead atoms. The highest BCUT2D eigenvalue weighted by Crippen LogP contribution is 2.42. The molecule has 0 unspecified atom stereocenters. The second kappa shape index (κ2) is 8.36. The third-order valence-corrected chi connectivity index (χ3v) is 6.74. The molecule has 3 aromatic rings. The molecule has 3 aromatic heterocycles. The number of quaternary nitrogens is 1. The number of hydrogen-bond acceptors (Lipinski definition) is 6. The molecule has 1 aliphatic rings. The standard InChI is InChI=1S/C23H33N5OS/c1-14(2)10-17-16-12-29-23(3,4)11-15(16)18-19-20(30-22(18)27-17)21(26-13-25-19)24-8-7-9-28(5)6/h13-14H,7-12H2,1-6H3,(H,24,25,26)/p+1. The Balaban J connectivity index is 1.82. The molecule has 0 saturated carbocycles. The highest BCUT2D eigenvalue weighted by Gasteiger charge is 2.31. The molecule has 0 saturated heterocycles. The summed E-state index contributed by atoms with van der Waals surface area (Å²) in [4.78, 5) is 16.9. The first kappa shape index (κ1) is 21.4. The molecule has 0 atom stereocenters. The summed E-state index contributed by atoms with van der Waals surface area (Å²) in [5, 5.41) is 4.75. The Bertz CT molecular complexity index is 1060. The number of fused-ring (bicyclic) bond motifs is 5. The van der Waals surface area contributed by atoms with Crippen LogP contribution in [0.5, 0.6) is 0 Å². The third kappa shape index (κ3) is 4.29. The predicted octanol–water partition coefficient (Wildman–Crippen LogP) is 3.24. The van der Waals surface area contributed by atoms with Crippen molar-refractivity contribution in [3.05, 3.63) is 23.1 Å². The maximum atomic E-state index is 6.18. The van der Waals surface area contributed by atoms with Crippen LogP contribution in [-0.4, -0.2) is 47.7 Å². The Hall–Kier alpha value is -1.83. The van der Waals surface area contributed by atoms with E-state index in [-0.39, 0.29) is 5.60 Å². The van der Waals surface area contributed by atoms with Gasteiger partial charge in [0.05, 0.1) is 43.1 Å². The van der Waals surface area contributed by atoms with Gasteiger partial charge in [-0.25, -0.2) is 15.0 Å². The molecule has 0 aromatic carbocycles. The zero-order valence-electron chi connectivity index (χ0n) is 19.1. The molecule has 30 heavy (non-hydrogen) atoms. The number of nitrogens with one attached hydrogen (secondary N) is 2. The molecule has 2 N–H and O–H groups in total. The molecule has 6 nitrogen and oxygen atoms in total. The average Bonchev–Trinajstić information content (AvgIpc) is 3.03. The molecule has 1 aliphatic heterocycles. The van der Waals surface area contributed by atoms with Crippen molar-refractivity contribution in [1.82, 2.24) is 15.0 Å². The van der Waals surface area contributed by atoms with Crippen LogP contribution in [0.15, 0.2) is 6.33 Å². The fourth-order valence-corrected chi connectivity index (χ4v) is 5.35. The fourth-order valence-electron chi connectivity index (χ4n) is 4.20. The van der Waals surface area contributed by atoms with E-state index >= 15 is 0 Å². The van der Waals surface area contributed by atoms with Gasteiger partial charge in [-0.3, -0.25) is 0 Å². The lowest BCUT2D eigenvalue weighted by molar-refractivity contribution is -0.858. The van der Waals surface area contributed by atoms with Crippen LogP contribution in [0.4, 0.5) is 5.82 Å². The molecule has 4 rings (SSSR count). The summed E-state index contributed by atoms with van der Waals surface area (Å²) in [6.45, 7) is 11.5. The largest absolute Gasteiger partial charge is 0.370 e. The number of aromatic nitrogens is 3. The van der Waals surface area contributed by atoms with Gasteiger partial charge in [-0.1, -0.05) is 13.8 Å². The summed E-state index contributed by atoms with van der Waals surface area (Å²) in [6, 6.07) is 0. The zero-order valence-corrected chi connectivity index (χ0v) is 19.9. The fraction of sp³-hybridized carbons (Fsp3) is 0.609. The van der Waals surface area contributed by atoms with Gasteiger partial charge in [0, 0.05) is 36.0 Å². The Morgan fingerprint density at radius 2 is 2.03 bits per heavy atom. The summed E-state index contributed by atoms with van der Waals surface area (Å²) in [5.41, 5.74) is 4.69. The van der Waals surface area contributed by atoms with Crippen LogP contribution in [0, 0.1) is 5.92 Å². The molecular weight excluding hydrogens is 394 g/mol. The van der Waals surface area contributed by atoms with E-state index < -0.39 is 0 Å². The lowest BCUT2D eigenvalue weighted by Gasteiger charge is -2.33. The van der Waals surface area contributed by atoms with E-state index in [0.29, 0.717) is 12.5 Å². The first-order valence-corrected chi connectivity index (χ1v) is 11.8. The smallest absolute Gasteiger partial charge is 0.147 e. The van der Waals surface area contributed by atoms with Crippen molar-refractivity contribution in [2.24, 2.45) is 5.92 Å². The summed E-state index contributed by atoms with van der Waals surface area (Å²) < 4.78 is 7.29. The first-order chi connectivity index (χ1) is 14.2. The summed E-state index contributed by atoms with van der Waals surface area (Å²) in [6.07, 6.45) is 4.65. The maximum absolute atomic E-state index is 6.18. The SMILES string of the molecule is CC(C)Cc1nc2sc3c(NCCC[NH+](C)C)ncnc3c2c2c1COC(C)(C)C2. The highest BCUT2D eigenvalue weighted by molar-refractivity contribution is 7.26. The molecular formula is C23H34N5OS+. The van der Waals surface area contributed by atoms with Crippen LogP contribution in [0.1, 0.15) is 50.9 Å². The molecule has 7 heteroatoms. The van der Waals surface area contributed by atoms with Crippen molar-refractivity contribution in [2.45, 2.75) is 59.2 Å². The lowest BCUT2D eigenvalue weighted by Crippen LogP contribution is -3.05. The normalized spacial score (nSPS) is 16.0. The van der Waals surface area contributed by atoms with Crippen LogP contribution < -0.4 is 10.2 Å². The van der Waals surface area contributed by atoms with Crippen molar-refractivity contribution >= 4 is 37.6 Å². The molecule has 0 radical (unpaired) electrons. The minimum absolute atomic E-state index is 0.173. The Morgan fingerprint density at radius 1 is 1.23 bits per heavy atom. The highest BCUT2D eigenvalue weighted by atomic mass is 32.1. The molecule has 162 valence electrons. The third-order valence-electron chi connectivity index (χ3n) is 5.66. The van der Waals surface area contributed by atoms with E-state index in [4.69, 9.17) is 14.7 Å². The number of thiophene rings is 1. The van der Waals surface area contributed by atoms with Gasteiger partial charge >= 0.3 is 0 Å². The van der Waals surface area contributed by atoms with E-state index in [0.717, 1.165) is 53.2 Å². The van der Waals surface area contributed by atoms with E-state index in [1.54, 1.807) is 17.7 Å². The Kier molecular flexibility index (Phi) is 5.97. The van der Waals surface area contributed by atoms with Crippen molar-refractivity contribution < 1.29 is 9.64 Å². The number of nitrogens with zero attached hydrogens (tertiary/aromatic N) is 3. The second-order valence-electron chi connectivity index (χ2n) is 9.76. The maximum Gasteiger partial charge on any atom is 0.147 e. The van der Waals surface area contributed by atoms with Crippen LogP contribution in [0.25, 0.3) is 20.4 Å². The topological polar surface area (TPSA) is 64.4 Å². The van der Waals surface area contributed by atoms with Crippen LogP contribution in [-0.2, 0) is 24.2 Å². The van der Waals surface area contributed by atoms with E-state index in [2.05, 4.69) is 52.1 Å². The van der Waals surface area contributed by atoms with Gasteiger partial charge < -0.3 is 15.0 Å². The van der Waals surface area contributed by atoms with Crippen LogP contribution in [0.3, 0.4) is 0 Å². The van der Waals surface area contributed by atoms with Crippen molar-refractivity contribution in [3.63, 3.8) is 0 Å². The Morgan fingerprint density at radius 3 is 2.77 bits per heavy atom. The quantitative estimate of drug-likeness (QED) is 0.566. The molecule has 4 heterocycles. The van der Waals surface area contributed by atoms with Crippen molar-refractivity contribution in [3.8, 4) is 0 Å². The molecule has 0 amide bonds. The molecule has 0 spiro atoms. The van der Waals surface area contributed by atoms with Gasteiger partial charge in [0.1, 0.15) is 17.0 Å². The second-order valence-corrected chi connectivity index (χ2v) is 10.8. The van der Waals surface area contributed by atoms with Gasteiger partial charge in [0.2, 0.25) is 0 Å². The number of anilines is 1.